The van der Waals surface area contributed by atoms with Crippen molar-refractivity contribution in [3.05, 3.63) is 53.5 Å². The molecule has 10 heteroatoms. The number of carbonyl (C=O) groups excluding carboxylic acids is 3. The van der Waals surface area contributed by atoms with E-state index in [-0.39, 0.29) is 22.3 Å². The van der Waals surface area contributed by atoms with Crippen molar-refractivity contribution in [3.8, 4) is 0 Å². The summed E-state index contributed by atoms with van der Waals surface area (Å²) in [4.78, 5) is 43.0. The molecular formula is C23H29ClFN3O5. The molecule has 0 bridgehead atoms. The van der Waals surface area contributed by atoms with E-state index in [0.717, 1.165) is 18.2 Å². The maximum absolute atomic E-state index is 13.1. The van der Waals surface area contributed by atoms with Crippen molar-refractivity contribution in [1.29, 1.82) is 0 Å². The van der Waals surface area contributed by atoms with Gasteiger partial charge in [0, 0.05) is 10.7 Å². The van der Waals surface area contributed by atoms with E-state index in [0.29, 0.717) is 4.90 Å². The number of hydrogen-bond acceptors (Lipinski definition) is 6. The highest BCUT2D eigenvalue weighted by Gasteiger charge is 2.34. The Hall–Kier alpha value is -3.20. The van der Waals surface area contributed by atoms with E-state index in [9.17, 15) is 18.8 Å². The molecule has 1 aromatic rings. The fourth-order valence-electron chi connectivity index (χ4n) is 2.19. The van der Waals surface area contributed by atoms with Crippen LogP contribution < -0.4 is 5.32 Å². The van der Waals surface area contributed by atoms with Gasteiger partial charge in [0.15, 0.2) is 0 Å². The lowest BCUT2D eigenvalue weighted by molar-refractivity contribution is -0.112. The number of imide groups is 1. The van der Waals surface area contributed by atoms with E-state index in [2.05, 4.69) is 16.9 Å². The summed E-state index contributed by atoms with van der Waals surface area (Å²) in [5.41, 5.74) is -1.91. The quantitative estimate of drug-likeness (QED) is 0.323. The molecule has 0 fully saturated rings. The van der Waals surface area contributed by atoms with Crippen LogP contribution >= 0.6 is 11.6 Å². The SMILES string of the molecule is C=C/C(=N\C(C(=O)Nc1ccc(F)cc1)=C(/C)Cl)N(C(=O)OC(C)(C)C)C(=O)OC(C)(C)C. The van der Waals surface area contributed by atoms with Gasteiger partial charge in [0.25, 0.3) is 5.91 Å². The molecule has 0 spiro atoms. The third-order valence-electron chi connectivity index (χ3n) is 3.43. The lowest BCUT2D eigenvalue weighted by Gasteiger charge is -2.28. The molecular weight excluding hydrogens is 453 g/mol. The van der Waals surface area contributed by atoms with Gasteiger partial charge in [0.1, 0.15) is 28.6 Å². The Labute approximate surface area is 198 Å². The molecule has 0 aliphatic rings. The molecule has 0 saturated carbocycles. The summed E-state index contributed by atoms with van der Waals surface area (Å²) in [5, 5.41) is 2.47. The van der Waals surface area contributed by atoms with Crippen LogP contribution in [0.1, 0.15) is 48.5 Å². The summed E-state index contributed by atoms with van der Waals surface area (Å²) in [7, 11) is 0. The van der Waals surface area contributed by atoms with Crippen molar-refractivity contribution in [2.45, 2.75) is 59.7 Å². The smallest absolute Gasteiger partial charge is 0.425 e. The van der Waals surface area contributed by atoms with Crippen LogP contribution in [0.2, 0.25) is 0 Å². The number of benzene rings is 1. The zero-order valence-electron chi connectivity index (χ0n) is 19.8. The number of nitrogens with zero attached hydrogens (tertiary/aromatic N) is 2. The Kier molecular flexibility index (Phi) is 9.35. The molecule has 0 atom stereocenters. The second kappa shape index (κ2) is 11.1. The maximum atomic E-state index is 13.1. The summed E-state index contributed by atoms with van der Waals surface area (Å²) >= 11 is 6.07. The third kappa shape index (κ3) is 9.44. The number of allylic oxidation sites excluding steroid dienone is 1. The van der Waals surface area contributed by atoms with Crippen molar-refractivity contribution < 1.29 is 28.2 Å². The van der Waals surface area contributed by atoms with Crippen LogP contribution in [-0.4, -0.2) is 40.0 Å². The summed E-state index contributed by atoms with van der Waals surface area (Å²) in [6.07, 6.45) is -1.08. The number of anilines is 1. The second-order valence-corrected chi connectivity index (χ2v) is 9.38. The summed E-state index contributed by atoms with van der Waals surface area (Å²) in [6.45, 7) is 14.7. The van der Waals surface area contributed by atoms with Crippen LogP contribution in [-0.2, 0) is 14.3 Å². The van der Waals surface area contributed by atoms with Crippen molar-refractivity contribution in [3.63, 3.8) is 0 Å². The van der Waals surface area contributed by atoms with E-state index in [1.165, 1.54) is 19.1 Å². The van der Waals surface area contributed by atoms with Gasteiger partial charge >= 0.3 is 12.2 Å². The number of ether oxygens (including phenoxy) is 2. The normalized spacial score (nSPS) is 12.9. The van der Waals surface area contributed by atoms with Gasteiger partial charge in [-0.25, -0.2) is 19.0 Å². The molecule has 8 nitrogen and oxygen atoms in total. The molecule has 1 rings (SSSR count). The van der Waals surface area contributed by atoms with Gasteiger partial charge in [0.05, 0.1) is 0 Å². The van der Waals surface area contributed by atoms with Crippen LogP contribution in [0.3, 0.4) is 0 Å². The molecule has 1 N–H and O–H groups in total. The zero-order chi connectivity index (χ0) is 25.6. The highest BCUT2D eigenvalue weighted by atomic mass is 35.5. The number of carbonyl (C=O) groups is 3. The molecule has 33 heavy (non-hydrogen) atoms. The first-order valence-electron chi connectivity index (χ1n) is 9.94. The molecule has 0 heterocycles. The monoisotopic (exact) mass is 481 g/mol. The van der Waals surface area contributed by atoms with Gasteiger partial charge in [-0.3, -0.25) is 4.79 Å². The maximum Gasteiger partial charge on any atom is 0.425 e. The minimum absolute atomic E-state index is 0.0395. The van der Waals surface area contributed by atoms with Crippen molar-refractivity contribution in [2.75, 3.05) is 5.32 Å². The van der Waals surface area contributed by atoms with E-state index in [4.69, 9.17) is 21.1 Å². The standard InChI is InChI=1S/C23H29ClFN3O5/c1-9-17(28(20(30)32-22(3,4)5)21(31)33-23(6,7)8)27-18(14(2)24)19(29)26-16-12-10-15(25)11-13-16/h9-13H,1H2,2-8H3,(H,26,29)/b18-14+,27-17+. The molecule has 0 saturated heterocycles. The first-order chi connectivity index (χ1) is 15.0. The van der Waals surface area contributed by atoms with Crippen LogP contribution in [0.25, 0.3) is 0 Å². The zero-order valence-corrected chi connectivity index (χ0v) is 20.5. The van der Waals surface area contributed by atoms with Crippen molar-refractivity contribution >= 4 is 41.2 Å². The number of amides is 3. The van der Waals surface area contributed by atoms with Crippen LogP contribution in [0.5, 0.6) is 0 Å². The number of hydrogen-bond donors (Lipinski definition) is 1. The summed E-state index contributed by atoms with van der Waals surface area (Å²) in [5.74, 6) is -1.58. The van der Waals surface area contributed by atoms with Gasteiger partial charge in [0.2, 0.25) is 0 Å². The lowest BCUT2D eigenvalue weighted by Crippen LogP contribution is -2.46. The van der Waals surface area contributed by atoms with E-state index in [1.54, 1.807) is 41.5 Å². The molecule has 1 aromatic carbocycles. The first-order valence-corrected chi connectivity index (χ1v) is 10.3. The molecule has 0 aliphatic heterocycles. The second-order valence-electron chi connectivity index (χ2n) is 8.81. The number of aliphatic imine (C=N–C) groups is 1. The Morgan fingerprint density at radius 3 is 1.85 bits per heavy atom. The van der Waals surface area contributed by atoms with Gasteiger partial charge in [-0.2, -0.15) is 4.90 Å². The Bertz CT molecular complexity index is 941. The predicted molar refractivity (Wildman–Crippen MR) is 126 cm³/mol. The van der Waals surface area contributed by atoms with Crippen LogP contribution in [0, 0.1) is 5.82 Å². The van der Waals surface area contributed by atoms with Gasteiger partial charge in [-0.15, -0.1) is 0 Å². The largest absolute Gasteiger partial charge is 0.443 e. The molecule has 0 aromatic heterocycles. The summed E-state index contributed by atoms with van der Waals surface area (Å²) in [6, 6.07) is 5.02. The lowest BCUT2D eigenvalue weighted by atomic mass is 10.2. The Morgan fingerprint density at radius 2 is 1.48 bits per heavy atom. The topological polar surface area (TPSA) is 97.3 Å². The van der Waals surface area contributed by atoms with E-state index < -0.39 is 35.1 Å². The number of halogens is 2. The van der Waals surface area contributed by atoms with Crippen LogP contribution in [0.15, 0.2) is 52.6 Å². The average Bonchev–Trinajstić information content (AvgIpc) is 2.63. The number of amidine groups is 1. The molecule has 0 radical (unpaired) electrons. The molecule has 3 amide bonds. The van der Waals surface area contributed by atoms with E-state index in [1.807, 2.05) is 0 Å². The number of nitrogens with one attached hydrogen (secondary N) is 1. The first kappa shape index (κ1) is 27.8. The Balaban J connectivity index is 3.43. The molecule has 0 aliphatic carbocycles. The number of rotatable bonds is 4. The van der Waals surface area contributed by atoms with Crippen molar-refractivity contribution in [1.82, 2.24) is 4.90 Å². The fraction of sp³-hybridized carbons (Fsp3) is 0.391. The van der Waals surface area contributed by atoms with Gasteiger partial charge in [-0.05, 0) is 78.8 Å². The van der Waals surface area contributed by atoms with Gasteiger partial charge in [-0.1, -0.05) is 18.2 Å². The Morgan fingerprint density at radius 1 is 1.03 bits per heavy atom. The van der Waals surface area contributed by atoms with Crippen molar-refractivity contribution in [2.24, 2.45) is 4.99 Å². The summed E-state index contributed by atoms with van der Waals surface area (Å²) < 4.78 is 23.7. The minimum atomic E-state index is -1.08. The minimum Gasteiger partial charge on any atom is -0.443 e. The highest BCUT2D eigenvalue weighted by Crippen LogP contribution is 2.19. The highest BCUT2D eigenvalue weighted by molar-refractivity contribution is 6.32. The fourth-order valence-corrected chi connectivity index (χ4v) is 2.31. The van der Waals surface area contributed by atoms with Gasteiger partial charge < -0.3 is 14.8 Å². The predicted octanol–water partition coefficient (Wildman–Crippen LogP) is 5.99. The molecule has 180 valence electrons. The average molecular weight is 482 g/mol. The molecule has 0 unspecified atom stereocenters. The van der Waals surface area contributed by atoms with Crippen LogP contribution in [0.4, 0.5) is 19.7 Å². The third-order valence-corrected chi connectivity index (χ3v) is 3.61. The van der Waals surface area contributed by atoms with E-state index >= 15 is 0 Å².